The van der Waals surface area contributed by atoms with Crippen molar-refractivity contribution >= 4 is 12.1 Å². The maximum Gasteiger partial charge on any atom is 0.166 e. The molecule has 0 saturated carbocycles. The largest absolute Gasteiger partial charge is 0.358 e. The van der Waals surface area contributed by atoms with Crippen LogP contribution in [0.25, 0.3) is 0 Å². The van der Waals surface area contributed by atoms with Gasteiger partial charge in [-0.1, -0.05) is 13.8 Å². The predicted octanol–water partition coefficient (Wildman–Crippen LogP) is 1.67. The summed E-state index contributed by atoms with van der Waals surface area (Å²) in [4.78, 5) is 24.3. The first-order chi connectivity index (χ1) is 5.65. The van der Waals surface area contributed by atoms with Gasteiger partial charge < -0.3 is 4.98 Å². The molecule has 0 fully saturated rings. The van der Waals surface area contributed by atoms with Crippen LogP contribution in [0, 0.1) is 5.92 Å². The maximum atomic E-state index is 11.3. The molecule has 0 aliphatic heterocycles. The average molecular weight is 165 g/mol. The van der Waals surface area contributed by atoms with E-state index in [4.69, 9.17) is 0 Å². The van der Waals surface area contributed by atoms with Gasteiger partial charge in [0.25, 0.3) is 0 Å². The van der Waals surface area contributed by atoms with Gasteiger partial charge in [-0.3, -0.25) is 9.59 Å². The molecule has 0 saturated heterocycles. The molecule has 0 aliphatic carbocycles. The summed E-state index contributed by atoms with van der Waals surface area (Å²) in [5.41, 5.74) is 1.02. The molecule has 1 N–H and O–H groups in total. The van der Waals surface area contributed by atoms with E-state index in [9.17, 15) is 9.59 Å². The Bertz CT molecular complexity index is 299. The van der Waals surface area contributed by atoms with Gasteiger partial charge in [0.05, 0.1) is 5.69 Å². The topological polar surface area (TPSA) is 49.9 Å². The van der Waals surface area contributed by atoms with E-state index in [0.717, 1.165) is 0 Å². The van der Waals surface area contributed by atoms with Crippen LogP contribution in [0.3, 0.4) is 0 Å². The van der Waals surface area contributed by atoms with Crippen LogP contribution in [-0.2, 0) is 0 Å². The lowest BCUT2D eigenvalue weighted by Gasteiger charge is -1.98. The molecule has 0 spiro atoms. The van der Waals surface area contributed by atoms with Crippen LogP contribution in [-0.4, -0.2) is 17.1 Å². The molecule has 1 rings (SSSR count). The smallest absolute Gasteiger partial charge is 0.166 e. The number of ketones is 1. The lowest BCUT2D eigenvalue weighted by Crippen LogP contribution is -2.05. The summed E-state index contributed by atoms with van der Waals surface area (Å²) in [6.45, 7) is 3.66. The van der Waals surface area contributed by atoms with Crippen molar-refractivity contribution < 1.29 is 9.59 Å². The number of carbonyl (C=O) groups excluding carboxylic acids is 2. The first-order valence-electron chi connectivity index (χ1n) is 3.83. The Morgan fingerprint density at radius 1 is 1.58 bits per heavy atom. The SMILES string of the molecule is CC(C)C(=O)c1c[nH]c(C=O)c1. The van der Waals surface area contributed by atoms with E-state index in [2.05, 4.69) is 4.98 Å². The van der Waals surface area contributed by atoms with Crippen molar-refractivity contribution in [3.8, 4) is 0 Å². The number of aromatic nitrogens is 1. The number of aromatic amines is 1. The summed E-state index contributed by atoms with van der Waals surface area (Å²) in [6, 6.07) is 1.56. The fraction of sp³-hybridized carbons (Fsp3) is 0.333. The van der Waals surface area contributed by atoms with E-state index in [1.807, 2.05) is 13.8 Å². The van der Waals surface area contributed by atoms with Crippen LogP contribution >= 0.6 is 0 Å². The Morgan fingerprint density at radius 2 is 2.25 bits per heavy atom. The van der Waals surface area contributed by atoms with Gasteiger partial charge in [0.2, 0.25) is 0 Å². The molecule has 3 nitrogen and oxygen atoms in total. The third-order valence-electron chi connectivity index (χ3n) is 1.64. The van der Waals surface area contributed by atoms with E-state index in [1.165, 1.54) is 0 Å². The molecule has 1 aromatic heterocycles. The second-order valence-electron chi connectivity index (χ2n) is 2.98. The van der Waals surface area contributed by atoms with Crippen LogP contribution < -0.4 is 0 Å². The monoisotopic (exact) mass is 165 g/mol. The molecule has 0 aliphatic rings. The molecule has 0 aromatic carbocycles. The minimum atomic E-state index is -0.0275. The number of Topliss-reactive ketones (excluding diaryl/α,β-unsaturated/α-hetero) is 1. The zero-order valence-electron chi connectivity index (χ0n) is 7.13. The number of rotatable bonds is 3. The highest BCUT2D eigenvalue weighted by atomic mass is 16.1. The Hall–Kier alpha value is -1.38. The highest BCUT2D eigenvalue weighted by molar-refractivity contribution is 5.98. The van der Waals surface area contributed by atoms with Crippen LogP contribution in [0.2, 0.25) is 0 Å². The Balaban J connectivity index is 2.89. The summed E-state index contributed by atoms with van der Waals surface area (Å²) in [7, 11) is 0. The quantitative estimate of drug-likeness (QED) is 0.547. The minimum Gasteiger partial charge on any atom is -0.358 e. The summed E-state index contributed by atoms with van der Waals surface area (Å²) < 4.78 is 0. The third kappa shape index (κ3) is 1.61. The number of hydrogen-bond donors (Lipinski definition) is 1. The first kappa shape index (κ1) is 8.71. The summed E-state index contributed by atoms with van der Waals surface area (Å²) in [5.74, 6) is 0.0275. The summed E-state index contributed by atoms with van der Waals surface area (Å²) >= 11 is 0. The van der Waals surface area contributed by atoms with Gasteiger partial charge in [-0.2, -0.15) is 0 Å². The Morgan fingerprint density at radius 3 is 2.67 bits per heavy atom. The van der Waals surface area contributed by atoms with Crippen molar-refractivity contribution in [2.75, 3.05) is 0 Å². The maximum absolute atomic E-state index is 11.3. The molecule has 1 aromatic rings. The van der Waals surface area contributed by atoms with Crippen molar-refractivity contribution in [2.45, 2.75) is 13.8 Å². The molecular weight excluding hydrogens is 154 g/mol. The van der Waals surface area contributed by atoms with Gasteiger partial charge in [-0.15, -0.1) is 0 Å². The van der Waals surface area contributed by atoms with Crippen LogP contribution in [0.1, 0.15) is 34.7 Å². The van der Waals surface area contributed by atoms with Crippen molar-refractivity contribution in [1.29, 1.82) is 0 Å². The predicted molar refractivity (Wildman–Crippen MR) is 45.3 cm³/mol. The van der Waals surface area contributed by atoms with Crippen molar-refractivity contribution in [2.24, 2.45) is 5.92 Å². The highest BCUT2D eigenvalue weighted by Gasteiger charge is 2.11. The molecule has 3 heteroatoms. The molecule has 0 atom stereocenters. The lowest BCUT2D eigenvalue weighted by molar-refractivity contribution is 0.0939. The number of nitrogens with one attached hydrogen (secondary N) is 1. The van der Waals surface area contributed by atoms with Crippen molar-refractivity contribution in [3.05, 3.63) is 23.5 Å². The molecule has 0 unspecified atom stereocenters. The van der Waals surface area contributed by atoms with Crippen molar-refractivity contribution in [3.63, 3.8) is 0 Å². The third-order valence-corrected chi connectivity index (χ3v) is 1.64. The molecule has 0 amide bonds. The van der Waals surface area contributed by atoms with Crippen LogP contribution in [0.4, 0.5) is 0 Å². The van der Waals surface area contributed by atoms with Gasteiger partial charge in [0.1, 0.15) is 0 Å². The number of carbonyl (C=O) groups is 2. The Kier molecular flexibility index (Phi) is 2.43. The van der Waals surface area contributed by atoms with Gasteiger partial charge in [0.15, 0.2) is 12.1 Å². The van der Waals surface area contributed by atoms with Crippen molar-refractivity contribution in [1.82, 2.24) is 4.98 Å². The standard InChI is InChI=1S/C9H11NO2/c1-6(2)9(12)7-3-8(5-11)10-4-7/h3-6,10H,1-2H3. The number of aldehydes is 1. The minimum absolute atomic E-state index is 0.0275. The van der Waals surface area contributed by atoms with E-state index < -0.39 is 0 Å². The summed E-state index contributed by atoms with van der Waals surface area (Å²) in [6.07, 6.45) is 2.25. The van der Waals surface area contributed by atoms with Gasteiger partial charge in [-0.25, -0.2) is 0 Å². The zero-order chi connectivity index (χ0) is 9.14. The van der Waals surface area contributed by atoms with E-state index in [0.29, 0.717) is 17.5 Å². The first-order valence-corrected chi connectivity index (χ1v) is 3.83. The van der Waals surface area contributed by atoms with Gasteiger partial charge in [-0.05, 0) is 6.07 Å². The fourth-order valence-electron chi connectivity index (χ4n) is 0.956. The second-order valence-corrected chi connectivity index (χ2v) is 2.98. The molecular formula is C9H11NO2. The molecule has 1 heterocycles. The number of H-pyrrole nitrogens is 1. The van der Waals surface area contributed by atoms with E-state index in [1.54, 1.807) is 12.3 Å². The zero-order valence-corrected chi connectivity index (χ0v) is 7.13. The molecule has 64 valence electrons. The Labute approximate surface area is 70.8 Å². The highest BCUT2D eigenvalue weighted by Crippen LogP contribution is 2.08. The summed E-state index contributed by atoms with van der Waals surface area (Å²) in [5, 5.41) is 0. The van der Waals surface area contributed by atoms with Gasteiger partial charge in [0, 0.05) is 17.7 Å². The fourth-order valence-corrected chi connectivity index (χ4v) is 0.956. The lowest BCUT2D eigenvalue weighted by atomic mass is 10.0. The molecule has 12 heavy (non-hydrogen) atoms. The second kappa shape index (κ2) is 3.34. The van der Waals surface area contributed by atoms with E-state index in [-0.39, 0.29) is 11.7 Å². The number of hydrogen-bond acceptors (Lipinski definition) is 2. The van der Waals surface area contributed by atoms with Gasteiger partial charge >= 0.3 is 0 Å². The van der Waals surface area contributed by atoms with Crippen LogP contribution in [0.5, 0.6) is 0 Å². The van der Waals surface area contributed by atoms with E-state index >= 15 is 0 Å². The van der Waals surface area contributed by atoms with Crippen LogP contribution in [0.15, 0.2) is 12.3 Å². The molecule has 0 bridgehead atoms. The molecule has 0 radical (unpaired) electrons. The normalized spacial score (nSPS) is 10.2. The average Bonchev–Trinajstić information content (AvgIpc) is 2.50.